The molecule has 2 unspecified atom stereocenters. The van der Waals surface area contributed by atoms with Gasteiger partial charge in [-0.1, -0.05) is 6.92 Å². The van der Waals surface area contributed by atoms with E-state index in [4.69, 9.17) is 4.74 Å². The van der Waals surface area contributed by atoms with Crippen molar-refractivity contribution < 1.29 is 17.9 Å². The Labute approximate surface area is 69.9 Å². The molecule has 0 aromatic heterocycles. The maximum Gasteiger partial charge on any atom is 0.392 e. The molecule has 0 bridgehead atoms. The molecular formula is C8H13F3O. The van der Waals surface area contributed by atoms with E-state index in [9.17, 15) is 13.2 Å². The Hall–Kier alpha value is -0.250. The average Bonchev–Trinajstić information content (AvgIpc) is 2.38. The lowest BCUT2D eigenvalue weighted by atomic mass is 9.89. The van der Waals surface area contributed by atoms with Gasteiger partial charge in [0.25, 0.3) is 0 Å². The third kappa shape index (κ3) is 2.12. The fraction of sp³-hybridized carbons (Fsp3) is 1.00. The van der Waals surface area contributed by atoms with E-state index in [1.54, 1.807) is 6.92 Å². The van der Waals surface area contributed by atoms with Crippen LogP contribution >= 0.6 is 0 Å². The highest BCUT2D eigenvalue weighted by Crippen LogP contribution is 2.37. The summed E-state index contributed by atoms with van der Waals surface area (Å²) in [6, 6.07) is 0. The third-order valence-corrected chi connectivity index (χ3v) is 2.39. The monoisotopic (exact) mass is 182 g/mol. The first-order valence-corrected chi connectivity index (χ1v) is 4.20. The van der Waals surface area contributed by atoms with E-state index in [0.29, 0.717) is 13.0 Å². The zero-order valence-electron chi connectivity index (χ0n) is 7.03. The van der Waals surface area contributed by atoms with Gasteiger partial charge in [-0.25, -0.2) is 0 Å². The normalized spacial score (nSPS) is 27.5. The van der Waals surface area contributed by atoms with Crippen molar-refractivity contribution in [1.29, 1.82) is 0 Å². The molecule has 1 saturated heterocycles. The first kappa shape index (κ1) is 9.84. The quantitative estimate of drug-likeness (QED) is 0.637. The van der Waals surface area contributed by atoms with Crippen LogP contribution in [0, 0.1) is 11.8 Å². The Morgan fingerprint density at radius 2 is 2.17 bits per heavy atom. The Morgan fingerprint density at radius 3 is 2.50 bits per heavy atom. The Balaban J connectivity index is 2.54. The van der Waals surface area contributed by atoms with Gasteiger partial charge >= 0.3 is 6.18 Å². The van der Waals surface area contributed by atoms with E-state index in [2.05, 4.69) is 0 Å². The topological polar surface area (TPSA) is 9.23 Å². The molecule has 0 saturated carbocycles. The molecule has 1 aliphatic heterocycles. The van der Waals surface area contributed by atoms with E-state index in [-0.39, 0.29) is 18.9 Å². The summed E-state index contributed by atoms with van der Waals surface area (Å²) in [5.41, 5.74) is 0. The van der Waals surface area contributed by atoms with Crippen molar-refractivity contribution in [2.75, 3.05) is 13.2 Å². The minimum absolute atomic E-state index is 0.164. The molecule has 2 atom stereocenters. The van der Waals surface area contributed by atoms with Crippen LogP contribution in [-0.2, 0) is 4.74 Å². The molecule has 0 aromatic rings. The summed E-state index contributed by atoms with van der Waals surface area (Å²) in [4.78, 5) is 0. The third-order valence-electron chi connectivity index (χ3n) is 2.39. The van der Waals surface area contributed by atoms with Crippen LogP contribution in [-0.4, -0.2) is 19.4 Å². The number of ether oxygens (including phenoxy) is 1. The molecule has 1 aliphatic rings. The lowest BCUT2D eigenvalue weighted by Crippen LogP contribution is -2.30. The summed E-state index contributed by atoms with van der Waals surface area (Å²) in [5.74, 6) is -1.48. The van der Waals surface area contributed by atoms with Gasteiger partial charge in [0.2, 0.25) is 0 Å². The molecule has 0 radical (unpaired) electrons. The lowest BCUT2D eigenvalue weighted by Gasteiger charge is -2.23. The van der Waals surface area contributed by atoms with Gasteiger partial charge in [-0.2, -0.15) is 13.2 Å². The van der Waals surface area contributed by atoms with Crippen molar-refractivity contribution >= 4 is 0 Å². The molecule has 1 nitrogen and oxygen atoms in total. The lowest BCUT2D eigenvalue weighted by molar-refractivity contribution is -0.189. The van der Waals surface area contributed by atoms with Crippen molar-refractivity contribution in [2.45, 2.75) is 25.9 Å². The van der Waals surface area contributed by atoms with Crippen LogP contribution in [0.25, 0.3) is 0 Å². The molecule has 1 rings (SSSR count). The van der Waals surface area contributed by atoms with E-state index < -0.39 is 12.1 Å². The van der Waals surface area contributed by atoms with Crippen LogP contribution in [0.1, 0.15) is 19.8 Å². The highest BCUT2D eigenvalue weighted by atomic mass is 19.4. The van der Waals surface area contributed by atoms with Gasteiger partial charge in [-0.15, -0.1) is 0 Å². The predicted octanol–water partition coefficient (Wildman–Crippen LogP) is 2.61. The number of halogens is 3. The number of rotatable bonds is 2. The second-order valence-electron chi connectivity index (χ2n) is 3.18. The fourth-order valence-electron chi connectivity index (χ4n) is 1.70. The summed E-state index contributed by atoms with van der Waals surface area (Å²) >= 11 is 0. The average molecular weight is 182 g/mol. The smallest absolute Gasteiger partial charge is 0.381 e. The zero-order valence-corrected chi connectivity index (χ0v) is 7.03. The van der Waals surface area contributed by atoms with Crippen LogP contribution in [0.3, 0.4) is 0 Å². The summed E-state index contributed by atoms with van der Waals surface area (Å²) < 4.78 is 41.9. The Kier molecular flexibility index (Phi) is 2.99. The van der Waals surface area contributed by atoms with Crippen LogP contribution in [0.5, 0.6) is 0 Å². The summed E-state index contributed by atoms with van der Waals surface area (Å²) in [6.45, 7) is 2.34. The van der Waals surface area contributed by atoms with E-state index >= 15 is 0 Å². The van der Waals surface area contributed by atoms with Gasteiger partial charge in [-0.05, 0) is 18.8 Å². The maximum absolute atomic E-state index is 12.3. The SMILES string of the molecule is CCC(C1CCOC1)C(F)(F)F. The molecule has 0 amide bonds. The zero-order chi connectivity index (χ0) is 9.19. The fourth-order valence-corrected chi connectivity index (χ4v) is 1.70. The van der Waals surface area contributed by atoms with Crippen molar-refractivity contribution in [2.24, 2.45) is 11.8 Å². The molecule has 0 aliphatic carbocycles. The maximum atomic E-state index is 12.3. The molecule has 0 spiro atoms. The van der Waals surface area contributed by atoms with Crippen LogP contribution < -0.4 is 0 Å². The van der Waals surface area contributed by atoms with Crippen molar-refractivity contribution in [3.63, 3.8) is 0 Å². The first-order chi connectivity index (χ1) is 5.55. The molecule has 0 aromatic carbocycles. The summed E-state index contributed by atoms with van der Waals surface area (Å²) in [6.07, 6.45) is -3.33. The second-order valence-corrected chi connectivity index (χ2v) is 3.18. The van der Waals surface area contributed by atoms with Gasteiger partial charge in [0.15, 0.2) is 0 Å². The van der Waals surface area contributed by atoms with Crippen molar-refractivity contribution in [3.8, 4) is 0 Å². The summed E-state index contributed by atoms with van der Waals surface area (Å²) in [7, 11) is 0. The van der Waals surface area contributed by atoms with Gasteiger partial charge in [0.05, 0.1) is 12.5 Å². The van der Waals surface area contributed by atoms with Gasteiger partial charge < -0.3 is 4.74 Å². The number of hydrogen-bond donors (Lipinski definition) is 0. The number of hydrogen-bond acceptors (Lipinski definition) is 1. The van der Waals surface area contributed by atoms with E-state index in [0.717, 1.165) is 0 Å². The minimum Gasteiger partial charge on any atom is -0.381 e. The standard InChI is InChI=1S/C8H13F3O/c1-2-7(8(9,10)11)6-3-4-12-5-6/h6-7H,2-5H2,1H3. The van der Waals surface area contributed by atoms with Crippen LogP contribution in [0.4, 0.5) is 13.2 Å². The molecule has 0 N–H and O–H groups in total. The molecule has 12 heavy (non-hydrogen) atoms. The van der Waals surface area contributed by atoms with Gasteiger partial charge in [0, 0.05) is 6.61 Å². The summed E-state index contributed by atoms with van der Waals surface area (Å²) in [5, 5.41) is 0. The molecule has 72 valence electrons. The Bertz CT molecular complexity index is 138. The van der Waals surface area contributed by atoms with Gasteiger partial charge in [-0.3, -0.25) is 0 Å². The second kappa shape index (κ2) is 3.64. The van der Waals surface area contributed by atoms with E-state index in [1.807, 2.05) is 0 Å². The molecule has 4 heteroatoms. The number of alkyl halides is 3. The van der Waals surface area contributed by atoms with Gasteiger partial charge in [0.1, 0.15) is 0 Å². The largest absolute Gasteiger partial charge is 0.392 e. The Morgan fingerprint density at radius 1 is 1.50 bits per heavy atom. The van der Waals surface area contributed by atoms with E-state index in [1.165, 1.54) is 0 Å². The molecule has 1 fully saturated rings. The van der Waals surface area contributed by atoms with Crippen molar-refractivity contribution in [3.05, 3.63) is 0 Å². The first-order valence-electron chi connectivity index (χ1n) is 4.20. The van der Waals surface area contributed by atoms with Crippen molar-refractivity contribution in [1.82, 2.24) is 0 Å². The highest BCUT2D eigenvalue weighted by Gasteiger charge is 2.44. The van der Waals surface area contributed by atoms with Crippen LogP contribution in [0.2, 0.25) is 0 Å². The predicted molar refractivity (Wildman–Crippen MR) is 38.8 cm³/mol. The minimum atomic E-state index is -4.05. The van der Waals surface area contributed by atoms with Crippen LogP contribution in [0.15, 0.2) is 0 Å². The molecule has 1 heterocycles. The molecular weight excluding hydrogens is 169 g/mol. The highest BCUT2D eigenvalue weighted by molar-refractivity contribution is 4.77.